The van der Waals surface area contributed by atoms with E-state index in [1.165, 1.54) is 4.90 Å². The largest absolute Gasteiger partial charge is 0.416 e. The lowest BCUT2D eigenvalue weighted by Crippen LogP contribution is -2.33. The van der Waals surface area contributed by atoms with Gasteiger partial charge in [-0.05, 0) is 49.2 Å². The number of carbonyl (C=O) groups is 1. The molecular formula is C23H17ClF4N6O. The first kappa shape index (κ1) is 22.9. The van der Waals surface area contributed by atoms with Crippen molar-refractivity contribution < 1.29 is 22.4 Å². The second kappa shape index (κ2) is 8.12. The Morgan fingerprint density at radius 2 is 2.00 bits per heavy atom. The molecule has 0 radical (unpaired) electrons. The second-order valence-electron chi connectivity index (χ2n) is 7.99. The second-order valence-corrected chi connectivity index (χ2v) is 8.37. The molecule has 1 aliphatic heterocycles. The molecule has 180 valence electrons. The van der Waals surface area contributed by atoms with E-state index in [4.69, 9.17) is 17.3 Å². The summed E-state index contributed by atoms with van der Waals surface area (Å²) in [5, 5.41) is 2.60. The molecule has 7 nitrogen and oxygen atoms in total. The predicted molar refractivity (Wildman–Crippen MR) is 124 cm³/mol. The number of imidazole rings is 1. The minimum atomic E-state index is -4.67. The van der Waals surface area contributed by atoms with Crippen LogP contribution in [0.25, 0.3) is 16.8 Å². The number of nitrogens with two attached hydrogens (primary N) is 1. The number of alkyl halides is 3. The van der Waals surface area contributed by atoms with E-state index >= 15 is 0 Å². The molecule has 0 fully saturated rings. The molecule has 12 heteroatoms. The van der Waals surface area contributed by atoms with E-state index < -0.39 is 29.3 Å². The van der Waals surface area contributed by atoms with Crippen LogP contribution in [0.2, 0.25) is 5.02 Å². The fourth-order valence-corrected chi connectivity index (χ4v) is 4.56. The fraction of sp³-hybridized carbons (Fsp3) is 0.174. The van der Waals surface area contributed by atoms with Crippen molar-refractivity contribution in [1.82, 2.24) is 14.4 Å². The topological polar surface area (TPSA) is 88.5 Å². The van der Waals surface area contributed by atoms with Gasteiger partial charge < -0.3 is 11.1 Å². The highest BCUT2D eigenvalue weighted by Crippen LogP contribution is 2.42. The number of hydrogen-bond acceptors (Lipinski definition) is 4. The number of nitrogen functional groups attached to an aromatic ring is 1. The number of amides is 2. The molecule has 0 unspecified atom stereocenters. The fourth-order valence-electron chi connectivity index (χ4n) is 4.22. The third kappa shape index (κ3) is 3.81. The molecule has 0 bridgehead atoms. The molecule has 4 aromatic rings. The Morgan fingerprint density at radius 1 is 1.23 bits per heavy atom. The molecule has 0 spiro atoms. The van der Waals surface area contributed by atoms with Crippen molar-refractivity contribution in [1.29, 1.82) is 0 Å². The standard InChI is InChI=1S/C23H17ClF4N6O/c1-11-31-19(20-21(29)30-7-9-33(11)20)14-3-5-17-13(18(14)24)6-8-34(17)22(35)32-16-10-12(23(26,27)28)2-4-15(16)25/h2-5,7,9-10H,6,8H2,1H3,(H2,29,30)(H,32,35). The van der Waals surface area contributed by atoms with Gasteiger partial charge in [0, 0.05) is 24.5 Å². The van der Waals surface area contributed by atoms with Crippen LogP contribution < -0.4 is 16.0 Å². The third-order valence-electron chi connectivity index (χ3n) is 5.89. The van der Waals surface area contributed by atoms with E-state index in [1.807, 2.05) is 6.92 Å². The van der Waals surface area contributed by atoms with E-state index in [9.17, 15) is 22.4 Å². The van der Waals surface area contributed by atoms with E-state index in [0.29, 0.717) is 63.5 Å². The van der Waals surface area contributed by atoms with Gasteiger partial charge in [-0.25, -0.2) is 19.2 Å². The van der Waals surface area contributed by atoms with Crippen molar-refractivity contribution >= 4 is 40.3 Å². The lowest BCUT2D eigenvalue weighted by Gasteiger charge is -2.19. The number of halogens is 5. The zero-order valence-electron chi connectivity index (χ0n) is 18.1. The van der Waals surface area contributed by atoms with Crippen molar-refractivity contribution in [2.45, 2.75) is 19.5 Å². The zero-order valence-corrected chi connectivity index (χ0v) is 18.9. The maximum Gasteiger partial charge on any atom is 0.416 e. The van der Waals surface area contributed by atoms with Crippen molar-refractivity contribution in [3.8, 4) is 11.3 Å². The zero-order chi connectivity index (χ0) is 25.1. The Morgan fingerprint density at radius 3 is 2.74 bits per heavy atom. The van der Waals surface area contributed by atoms with Crippen molar-refractivity contribution in [2.24, 2.45) is 0 Å². The van der Waals surface area contributed by atoms with E-state index in [0.717, 1.165) is 0 Å². The summed E-state index contributed by atoms with van der Waals surface area (Å²) in [6, 6.07) is 4.41. The number of nitrogens with one attached hydrogen (secondary N) is 1. The Bertz CT molecular complexity index is 1500. The van der Waals surface area contributed by atoms with Crippen molar-refractivity contribution in [2.75, 3.05) is 22.5 Å². The predicted octanol–water partition coefficient (Wildman–Crippen LogP) is 5.69. The maximum atomic E-state index is 14.1. The van der Waals surface area contributed by atoms with Gasteiger partial charge in [0.05, 0.1) is 22.0 Å². The Balaban J connectivity index is 1.48. The third-order valence-corrected chi connectivity index (χ3v) is 6.32. The molecule has 0 atom stereocenters. The van der Waals surface area contributed by atoms with Crippen LogP contribution in [-0.4, -0.2) is 26.9 Å². The summed E-state index contributed by atoms with van der Waals surface area (Å²) in [6.07, 6.45) is -0.989. The van der Waals surface area contributed by atoms with Gasteiger partial charge in [-0.1, -0.05) is 11.6 Å². The summed E-state index contributed by atoms with van der Waals surface area (Å²) in [5.41, 5.74) is 7.30. The Kier molecular flexibility index (Phi) is 5.32. The monoisotopic (exact) mass is 504 g/mol. The highest BCUT2D eigenvalue weighted by molar-refractivity contribution is 6.35. The number of rotatable bonds is 2. The molecular weight excluding hydrogens is 488 g/mol. The summed E-state index contributed by atoms with van der Waals surface area (Å²) in [4.78, 5) is 22.9. The van der Waals surface area contributed by atoms with E-state index in [-0.39, 0.29) is 12.4 Å². The normalized spacial score (nSPS) is 13.4. The molecule has 3 N–H and O–H groups in total. The Labute approximate surface area is 201 Å². The van der Waals surface area contributed by atoms with Crippen LogP contribution in [0.4, 0.5) is 39.5 Å². The first-order valence-corrected chi connectivity index (χ1v) is 10.8. The Hall–Kier alpha value is -3.86. The molecule has 5 rings (SSSR count). The van der Waals surface area contributed by atoms with E-state index in [2.05, 4.69) is 15.3 Å². The SMILES string of the molecule is Cc1nc(-c2ccc3c(c2Cl)CCN3C(=O)Nc2cc(C(F)(F)F)ccc2F)c2c(N)nccn12. The summed E-state index contributed by atoms with van der Waals surface area (Å²) in [6.45, 7) is 2.02. The van der Waals surface area contributed by atoms with Crippen molar-refractivity contribution in [3.63, 3.8) is 0 Å². The summed E-state index contributed by atoms with van der Waals surface area (Å²) < 4.78 is 54.9. The molecule has 0 saturated heterocycles. The van der Waals surface area contributed by atoms with Crippen LogP contribution in [0.3, 0.4) is 0 Å². The number of benzene rings is 2. The lowest BCUT2D eigenvalue weighted by molar-refractivity contribution is -0.137. The molecule has 35 heavy (non-hydrogen) atoms. The van der Waals surface area contributed by atoms with Gasteiger partial charge in [0.1, 0.15) is 28.7 Å². The number of carbonyl (C=O) groups excluding carboxylic acids is 1. The maximum absolute atomic E-state index is 14.1. The number of anilines is 3. The molecule has 0 saturated carbocycles. The average molecular weight is 505 g/mol. The number of aryl methyl sites for hydroxylation is 1. The minimum absolute atomic E-state index is 0.206. The number of aromatic nitrogens is 3. The first-order chi connectivity index (χ1) is 16.6. The lowest BCUT2D eigenvalue weighted by atomic mass is 10.0. The van der Waals surface area contributed by atoms with Gasteiger partial charge in [-0.2, -0.15) is 13.2 Å². The van der Waals surface area contributed by atoms with Gasteiger partial charge >= 0.3 is 12.2 Å². The molecule has 2 amide bonds. The minimum Gasteiger partial charge on any atom is -0.382 e. The number of urea groups is 1. The number of fused-ring (bicyclic) bond motifs is 2. The van der Waals surface area contributed by atoms with Crippen LogP contribution in [0, 0.1) is 12.7 Å². The molecule has 2 aromatic heterocycles. The summed E-state index contributed by atoms with van der Waals surface area (Å²) in [5.74, 6) is -0.0130. The average Bonchev–Trinajstić information content (AvgIpc) is 3.38. The number of hydrogen-bond donors (Lipinski definition) is 2. The van der Waals surface area contributed by atoms with Crippen LogP contribution in [0.5, 0.6) is 0 Å². The summed E-state index contributed by atoms with van der Waals surface area (Å²) in [7, 11) is 0. The first-order valence-electron chi connectivity index (χ1n) is 10.4. The van der Waals surface area contributed by atoms with Crippen molar-refractivity contribution in [3.05, 3.63) is 70.5 Å². The van der Waals surface area contributed by atoms with Crippen LogP contribution in [0.15, 0.2) is 42.7 Å². The molecule has 1 aliphatic rings. The van der Waals surface area contributed by atoms with Gasteiger partial charge in [0.25, 0.3) is 0 Å². The number of nitrogens with zero attached hydrogens (tertiary/aromatic N) is 4. The molecule has 2 aromatic carbocycles. The van der Waals surface area contributed by atoms with Gasteiger partial charge in [0.15, 0.2) is 0 Å². The van der Waals surface area contributed by atoms with Crippen LogP contribution in [0.1, 0.15) is 17.0 Å². The summed E-state index contributed by atoms with van der Waals surface area (Å²) >= 11 is 6.72. The molecule has 3 heterocycles. The van der Waals surface area contributed by atoms with Crippen LogP contribution >= 0.6 is 11.6 Å². The quantitative estimate of drug-likeness (QED) is 0.343. The van der Waals surface area contributed by atoms with Gasteiger partial charge in [-0.3, -0.25) is 9.30 Å². The molecule has 0 aliphatic carbocycles. The highest BCUT2D eigenvalue weighted by Gasteiger charge is 2.33. The smallest absolute Gasteiger partial charge is 0.382 e. The van der Waals surface area contributed by atoms with Gasteiger partial charge in [-0.15, -0.1) is 0 Å². The van der Waals surface area contributed by atoms with Crippen LogP contribution in [-0.2, 0) is 12.6 Å². The highest BCUT2D eigenvalue weighted by atomic mass is 35.5. The van der Waals surface area contributed by atoms with Gasteiger partial charge in [0.2, 0.25) is 0 Å². The van der Waals surface area contributed by atoms with E-state index in [1.54, 1.807) is 28.9 Å².